The number of carbonyl (C=O) groups is 2. The number of ether oxygens (including phenoxy) is 2. The van der Waals surface area contributed by atoms with E-state index in [0.29, 0.717) is 19.5 Å². The van der Waals surface area contributed by atoms with E-state index in [0.717, 1.165) is 30.5 Å². The number of halogens is 2. The van der Waals surface area contributed by atoms with Gasteiger partial charge in [-0.1, -0.05) is 12.1 Å². The Labute approximate surface area is 185 Å². The molecule has 2 aliphatic rings. The zero-order chi connectivity index (χ0) is 22.7. The summed E-state index contributed by atoms with van der Waals surface area (Å²) in [4.78, 5) is 26.9. The average Bonchev–Trinajstić information content (AvgIpc) is 3.40. The lowest BCUT2D eigenvalue weighted by atomic mass is 10.1. The first-order valence-electron chi connectivity index (χ1n) is 10.8. The van der Waals surface area contributed by atoms with Crippen molar-refractivity contribution in [3.8, 4) is 11.5 Å². The summed E-state index contributed by atoms with van der Waals surface area (Å²) < 4.78 is 34.4. The quantitative estimate of drug-likeness (QED) is 0.677. The van der Waals surface area contributed by atoms with Gasteiger partial charge >= 0.3 is 6.61 Å². The number of rotatable bonds is 8. The summed E-state index contributed by atoms with van der Waals surface area (Å²) in [5.41, 5.74) is 4.32. The first kappa shape index (κ1) is 22.0. The number of fused-ring (bicyclic) bond motifs is 1. The number of nitrogens with one attached hydrogen (secondary N) is 1. The van der Waals surface area contributed by atoms with Gasteiger partial charge in [0.1, 0.15) is 0 Å². The van der Waals surface area contributed by atoms with Gasteiger partial charge in [0.25, 0.3) is 0 Å². The number of hydrogen-bond donors (Lipinski definition) is 1. The van der Waals surface area contributed by atoms with Gasteiger partial charge < -0.3 is 19.7 Å². The molecule has 0 unspecified atom stereocenters. The number of alkyl halides is 2. The lowest BCUT2D eigenvalue weighted by Gasteiger charge is -2.18. The molecule has 1 fully saturated rings. The maximum atomic E-state index is 12.6. The molecule has 1 atom stereocenters. The number of methoxy groups -OCH3 is 1. The van der Waals surface area contributed by atoms with Crippen LogP contribution in [-0.2, 0) is 28.9 Å². The second-order valence-electron chi connectivity index (χ2n) is 8.12. The Bertz CT molecular complexity index is 1010. The van der Waals surface area contributed by atoms with Gasteiger partial charge in [0, 0.05) is 25.2 Å². The highest BCUT2D eigenvalue weighted by atomic mass is 19.3. The van der Waals surface area contributed by atoms with E-state index in [2.05, 4.69) is 22.2 Å². The molecule has 2 amide bonds. The predicted octanol–water partition coefficient (Wildman–Crippen LogP) is 3.50. The van der Waals surface area contributed by atoms with E-state index in [1.165, 1.54) is 24.3 Å². The lowest BCUT2D eigenvalue weighted by Crippen LogP contribution is -2.34. The molecule has 1 heterocycles. The van der Waals surface area contributed by atoms with Crippen molar-refractivity contribution in [2.45, 2.75) is 38.7 Å². The number of nitrogens with zero attached hydrogens (tertiary/aromatic N) is 1. The molecule has 4 rings (SSSR count). The van der Waals surface area contributed by atoms with E-state index in [4.69, 9.17) is 4.74 Å². The minimum Gasteiger partial charge on any atom is -0.493 e. The van der Waals surface area contributed by atoms with Crippen LogP contribution in [0.4, 0.5) is 14.5 Å². The fourth-order valence-electron chi connectivity index (χ4n) is 4.39. The Morgan fingerprint density at radius 3 is 2.75 bits per heavy atom. The fraction of sp³-hybridized carbons (Fsp3) is 0.417. The summed E-state index contributed by atoms with van der Waals surface area (Å²) in [5.74, 6) is -0.423. The van der Waals surface area contributed by atoms with Crippen LogP contribution in [0.25, 0.3) is 0 Å². The van der Waals surface area contributed by atoms with Gasteiger partial charge in [0.05, 0.1) is 13.0 Å². The van der Waals surface area contributed by atoms with Crippen LogP contribution in [0.2, 0.25) is 0 Å². The molecule has 2 aromatic rings. The van der Waals surface area contributed by atoms with Crippen LogP contribution < -0.4 is 19.7 Å². The van der Waals surface area contributed by atoms with Crippen LogP contribution in [0.15, 0.2) is 36.4 Å². The molecule has 0 spiro atoms. The molecule has 1 aliphatic heterocycles. The standard InChI is InChI=1S/C24H26F2N2O4/c1-31-21-11-15(5-8-20(21)32-24(25)26)9-10-27-23(30)18-13-22(29)28(14-18)19-7-6-16-3-2-4-17(16)12-19/h5-8,11-12,18,24H,2-4,9-10,13-14H2,1H3,(H,27,30)/t18-/m0/s1. The van der Waals surface area contributed by atoms with E-state index < -0.39 is 12.5 Å². The first-order chi connectivity index (χ1) is 15.4. The van der Waals surface area contributed by atoms with Crippen LogP contribution >= 0.6 is 0 Å². The monoisotopic (exact) mass is 444 g/mol. The molecule has 32 heavy (non-hydrogen) atoms. The summed E-state index contributed by atoms with van der Waals surface area (Å²) in [7, 11) is 1.38. The maximum absolute atomic E-state index is 12.6. The molecule has 1 N–H and O–H groups in total. The molecule has 6 nitrogen and oxygen atoms in total. The van der Waals surface area contributed by atoms with Crippen molar-refractivity contribution in [2.24, 2.45) is 5.92 Å². The van der Waals surface area contributed by atoms with Crippen molar-refractivity contribution in [3.63, 3.8) is 0 Å². The summed E-state index contributed by atoms with van der Waals surface area (Å²) in [5, 5.41) is 2.88. The lowest BCUT2D eigenvalue weighted by molar-refractivity contribution is -0.126. The van der Waals surface area contributed by atoms with Crippen LogP contribution in [-0.4, -0.2) is 38.6 Å². The topological polar surface area (TPSA) is 67.9 Å². The number of benzene rings is 2. The van der Waals surface area contributed by atoms with E-state index in [1.807, 2.05) is 6.07 Å². The molecule has 0 bridgehead atoms. The van der Waals surface area contributed by atoms with Crippen molar-refractivity contribution in [1.82, 2.24) is 5.32 Å². The summed E-state index contributed by atoms with van der Waals surface area (Å²) in [6.07, 6.45) is 3.95. The van der Waals surface area contributed by atoms with Gasteiger partial charge in [-0.25, -0.2) is 0 Å². The number of amides is 2. The third kappa shape index (κ3) is 4.84. The van der Waals surface area contributed by atoms with E-state index in [1.54, 1.807) is 17.0 Å². The van der Waals surface area contributed by atoms with E-state index in [9.17, 15) is 18.4 Å². The van der Waals surface area contributed by atoms with Crippen LogP contribution in [0.3, 0.4) is 0 Å². The average molecular weight is 444 g/mol. The van der Waals surface area contributed by atoms with Gasteiger partial charge in [-0.2, -0.15) is 8.78 Å². The second kappa shape index (κ2) is 9.54. The number of carbonyl (C=O) groups excluding carboxylic acids is 2. The summed E-state index contributed by atoms with van der Waals surface area (Å²) in [6, 6.07) is 10.8. The van der Waals surface area contributed by atoms with E-state index in [-0.39, 0.29) is 29.7 Å². The number of hydrogen-bond acceptors (Lipinski definition) is 4. The zero-order valence-electron chi connectivity index (χ0n) is 17.9. The molecule has 8 heteroatoms. The molecular formula is C24H26F2N2O4. The van der Waals surface area contributed by atoms with E-state index >= 15 is 0 Å². The van der Waals surface area contributed by atoms with Crippen molar-refractivity contribution < 1.29 is 27.8 Å². The Morgan fingerprint density at radius 2 is 1.97 bits per heavy atom. The number of anilines is 1. The smallest absolute Gasteiger partial charge is 0.387 e. The molecule has 0 radical (unpaired) electrons. The van der Waals surface area contributed by atoms with Gasteiger partial charge in [-0.05, 0) is 66.6 Å². The molecule has 170 valence electrons. The minimum atomic E-state index is -2.93. The third-order valence-corrected chi connectivity index (χ3v) is 6.05. The summed E-state index contributed by atoms with van der Waals surface area (Å²) >= 11 is 0. The first-order valence-corrected chi connectivity index (χ1v) is 10.8. The maximum Gasteiger partial charge on any atom is 0.387 e. The molecule has 0 saturated carbocycles. The third-order valence-electron chi connectivity index (χ3n) is 6.05. The highest BCUT2D eigenvalue weighted by molar-refractivity contribution is 6.00. The Hall–Kier alpha value is -3.16. The molecule has 1 aliphatic carbocycles. The predicted molar refractivity (Wildman–Crippen MR) is 115 cm³/mol. The zero-order valence-corrected chi connectivity index (χ0v) is 17.9. The summed E-state index contributed by atoms with van der Waals surface area (Å²) in [6.45, 7) is -2.20. The van der Waals surface area contributed by atoms with Crippen LogP contribution in [0.1, 0.15) is 29.5 Å². The second-order valence-corrected chi connectivity index (χ2v) is 8.12. The van der Waals surface area contributed by atoms with Crippen molar-refractivity contribution in [2.75, 3.05) is 25.1 Å². The van der Waals surface area contributed by atoms with Gasteiger partial charge in [0.2, 0.25) is 11.8 Å². The molecule has 2 aromatic carbocycles. The fourth-order valence-corrected chi connectivity index (χ4v) is 4.39. The minimum absolute atomic E-state index is 0.0357. The molecule has 1 saturated heterocycles. The molecular weight excluding hydrogens is 418 g/mol. The normalized spacial score (nSPS) is 17.6. The SMILES string of the molecule is COc1cc(CCNC(=O)[C@H]2CC(=O)N(c3ccc4c(c3)CCC4)C2)ccc1OC(F)F. The highest BCUT2D eigenvalue weighted by Gasteiger charge is 2.35. The van der Waals surface area contributed by atoms with Gasteiger partial charge in [-0.15, -0.1) is 0 Å². The largest absolute Gasteiger partial charge is 0.493 e. The number of aryl methyl sites for hydroxylation is 2. The highest BCUT2D eigenvalue weighted by Crippen LogP contribution is 2.31. The van der Waals surface area contributed by atoms with Crippen LogP contribution in [0, 0.1) is 5.92 Å². The Kier molecular flexibility index (Phi) is 6.58. The Balaban J connectivity index is 1.31. The van der Waals surface area contributed by atoms with Crippen molar-refractivity contribution in [3.05, 3.63) is 53.1 Å². The van der Waals surface area contributed by atoms with Crippen molar-refractivity contribution >= 4 is 17.5 Å². The van der Waals surface area contributed by atoms with Crippen molar-refractivity contribution in [1.29, 1.82) is 0 Å². The van der Waals surface area contributed by atoms with Gasteiger partial charge in [-0.3, -0.25) is 9.59 Å². The van der Waals surface area contributed by atoms with Crippen LogP contribution in [0.5, 0.6) is 11.5 Å². The van der Waals surface area contributed by atoms with Gasteiger partial charge in [0.15, 0.2) is 11.5 Å². The molecule has 0 aromatic heterocycles. The Morgan fingerprint density at radius 1 is 1.16 bits per heavy atom.